The van der Waals surface area contributed by atoms with Crippen molar-refractivity contribution in [1.82, 2.24) is 5.32 Å². The van der Waals surface area contributed by atoms with Crippen LogP contribution in [0.4, 0.5) is 0 Å². The molecule has 2 nitrogen and oxygen atoms in total. The first-order valence-electron chi connectivity index (χ1n) is 5.13. The maximum atomic E-state index is 5.78. The summed E-state index contributed by atoms with van der Waals surface area (Å²) in [4.78, 5) is 0. The number of rotatable bonds is 2. The van der Waals surface area contributed by atoms with Gasteiger partial charge in [-0.3, -0.25) is 5.32 Å². The summed E-state index contributed by atoms with van der Waals surface area (Å²) in [5.74, 6) is 0.954. The quantitative estimate of drug-likeness (QED) is 0.772. The molecule has 0 bridgehead atoms. The number of ether oxygens (including phenoxy) is 1. The molecule has 0 aromatic heterocycles. The van der Waals surface area contributed by atoms with Crippen molar-refractivity contribution in [1.29, 1.82) is 0 Å². The Hall–Kier alpha value is -1.02. The molecule has 1 fully saturated rings. The summed E-state index contributed by atoms with van der Waals surface area (Å²) < 4.78 is 5.78. The van der Waals surface area contributed by atoms with E-state index in [2.05, 4.69) is 30.8 Å². The fourth-order valence-electron chi connectivity index (χ4n) is 1.57. The third kappa shape index (κ3) is 2.48. The van der Waals surface area contributed by atoms with E-state index in [0.717, 1.165) is 25.1 Å². The van der Waals surface area contributed by atoms with E-state index in [-0.39, 0.29) is 6.23 Å². The molecule has 75 valence electrons. The molecule has 2 heteroatoms. The minimum Gasteiger partial charge on any atom is -0.475 e. The van der Waals surface area contributed by atoms with Crippen LogP contribution in [-0.2, 0) is 0 Å². The lowest BCUT2D eigenvalue weighted by Crippen LogP contribution is -2.38. The van der Waals surface area contributed by atoms with Crippen molar-refractivity contribution >= 4 is 0 Å². The van der Waals surface area contributed by atoms with Crippen molar-refractivity contribution in [2.45, 2.75) is 26.0 Å². The number of piperidine rings is 1. The Bertz CT molecular complexity index is 275. The van der Waals surface area contributed by atoms with Crippen molar-refractivity contribution < 1.29 is 4.74 Å². The van der Waals surface area contributed by atoms with Gasteiger partial charge in [0.15, 0.2) is 0 Å². The topological polar surface area (TPSA) is 21.3 Å². The second-order valence-electron chi connectivity index (χ2n) is 3.69. The van der Waals surface area contributed by atoms with Crippen LogP contribution >= 0.6 is 0 Å². The molecular formula is C12H16NO. The van der Waals surface area contributed by atoms with Crippen molar-refractivity contribution in [2.75, 3.05) is 6.54 Å². The molecule has 0 saturated carbocycles. The highest BCUT2D eigenvalue weighted by atomic mass is 16.5. The van der Waals surface area contributed by atoms with E-state index in [1.165, 1.54) is 5.56 Å². The van der Waals surface area contributed by atoms with Crippen LogP contribution < -0.4 is 10.1 Å². The minimum absolute atomic E-state index is 0.183. The maximum absolute atomic E-state index is 5.78. The molecule has 1 heterocycles. The Kier molecular flexibility index (Phi) is 3.04. The summed E-state index contributed by atoms with van der Waals surface area (Å²) in [5.41, 5.74) is 1.27. The van der Waals surface area contributed by atoms with E-state index in [0.29, 0.717) is 0 Å². The van der Waals surface area contributed by atoms with Crippen molar-refractivity contribution in [3.05, 3.63) is 36.2 Å². The molecule has 1 saturated heterocycles. The van der Waals surface area contributed by atoms with Crippen LogP contribution in [0.25, 0.3) is 0 Å². The molecule has 1 radical (unpaired) electrons. The number of benzene rings is 1. The van der Waals surface area contributed by atoms with Gasteiger partial charge in [-0.05, 0) is 38.3 Å². The first-order chi connectivity index (χ1) is 6.84. The molecular weight excluding hydrogens is 174 g/mol. The normalized spacial score (nSPS) is 21.9. The summed E-state index contributed by atoms with van der Waals surface area (Å²) in [6, 6.07) is 8.19. The molecule has 0 aliphatic carbocycles. The second kappa shape index (κ2) is 4.47. The summed E-state index contributed by atoms with van der Waals surface area (Å²) in [5, 5.41) is 3.30. The van der Waals surface area contributed by atoms with Crippen LogP contribution in [0.1, 0.15) is 18.4 Å². The molecule has 0 amide bonds. The van der Waals surface area contributed by atoms with Gasteiger partial charge in [0.2, 0.25) is 0 Å². The molecule has 1 atom stereocenters. The predicted molar refractivity (Wildman–Crippen MR) is 57.1 cm³/mol. The van der Waals surface area contributed by atoms with Gasteiger partial charge in [-0.15, -0.1) is 0 Å². The Morgan fingerprint density at radius 3 is 2.71 bits per heavy atom. The number of aryl methyl sites for hydroxylation is 1. The number of hydrogen-bond acceptors (Lipinski definition) is 2. The molecule has 1 aromatic rings. The van der Waals surface area contributed by atoms with E-state index in [1.54, 1.807) is 0 Å². The Morgan fingerprint density at radius 2 is 2.07 bits per heavy atom. The Morgan fingerprint density at radius 1 is 1.29 bits per heavy atom. The van der Waals surface area contributed by atoms with Crippen LogP contribution in [-0.4, -0.2) is 12.8 Å². The van der Waals surface area contributed by atoms with Gasteiger partial charge in [-0.25, -0.2) is 0 Å². The van der Waals surface area contributed by atoms with Gasteiger partial charge in [-0.2, -0.15) is 0 Å². The zero-order valence-corrected chi connectivity index (χ0v) is 8.49. The van der Waals surface area contributed by atoms with Crippen molar-refractivity contribution in [3.63, 3.8) is 0 Å². The molecule has 0 spiro atoms. The Balaban J connectivity index is 1.92. The summed E-state index contributed by atoms with van der Waals surface area (Å²) in [7, 11) is 0. The summed E-state index contributed by atoms with van der Waals surface area (Å²) in [6.07, 6.45) is 4.63. The average Bonchev–Trinajstić information content (AvgIpc) is 2.23. The van der Waals surface area contributed by atoms with Crippen molar-refractivity contribution in [3.8, 4) is 5.75 Å². The summed E-state index contributed by atoms with van der Waals surface area (Å²) >= 11 is 0. The van der Waals surface area contributed by atoms with Crippen molar-refractivity contribution in [2.24, 2.45) is 0 Å². The van der Waals surface area contributed by atoms with Crippen LogP contribution in [0.2, 0.25) is 0 Å². The van der Waals surface area contributed by atoms with E-state index >= 15 is 0 Å². The standard InChI is InChI=1S/C12H16NO/c1-10-5-7-11(8-6-10)14-12-4-2-3-9-13-12/h3,5-8,12-13H,2,4,9H2,1H3. The Labute approximate surface area is 85.3 Å². The zero-order chi connectivity index (χ0) is 9.80. The van der Waals surface area contributed by atoms with Gasteiger partial charge in [0.05, 0.1) is 0 Å². The monoisotopic (exact) mass is 190 g/mol. The number of hydrogen-bond donors (Lipinski definition) is 1. The predicted octanol–water partition coefficient (Wildman–Crippen LogP) is 2.29. The molecule has 14 heavy (non-hydrogen) atoms. The molecule has 1 aliphatic rings. The van der Waals surface area contributed by atoms with E-state index in [9.17, 15) is 0 Å². The largest absolute Gasteiger partial charge is 0.475 e. The molecule has 1 N–H and O–H groups in total. The average molecular weight is 190 g/mol. The van der Waals surface area contributed by atoms with E-state index < -0.39 is 0 Å². The van der Waals surface area contributed by atoms with Gasteiger partial charge in [0, 0.05) is 6.54 Å². The first-order valence-corrected chi connectivity index (χ1v) is 5.13. The highest BCUT2D eigenvalue weighted by Gasteiger charge is 2.13. The van der Waals surface area contributed by atoms with Crippen LogP contribution in [0.15, 0.2) is 24.3 Å². The van der Waals surface area contributed by atoms with Gasteiger partial charge < -0.3 is 4.74 Å². The first kappa shape index (κ1) is 9.53. The van der Waals surface area contributed by atoms with Gasteiger partial charge in [0.25, 0.3) is 0 Å². The van der Waals surface area contributed by atoms with Gasteiger partial charge in [0.1, 0.15) is 12.0 Å². The summed E-state index contributed by atoms with van der Waals surface area (Å²) in [6.45, 7) is 3.04. The highest BCUT2D eigenvalue weighted by Crippen LogP contribution is 2.16. The molecule has 2 rings (SSSR count). The van der Waals surface area contributed by atoms with E-state index in [1.807, 2.05) is 12.1 Å². The van der Waals surface area contributed by atoms with Crippen LogP contribution in [0, 0.1) is 13.3 Å². The SMILES string of the molecule is Cc1ccc(OC2CC[CH]CN2)cc1. The zero-order valence-electron chi connectivity index (χ0n) is 8.49. The minimum atomic E-state index is 0.183. The van der Waals surface area contributed by atoms with Gasteiger partial charge in [-0.1, -0.05) is 17.7 Å². The second-order valence-corrected chi connectivity index (χ2v) is 3.69. The van der Waals surface area contributed by atoms with E-state index in [4.69, 9.17) is 4.74 Å². The molecule has 1 aliphatic heterocycles. The lowest BCUT2D eigenvalue weighted by Gasteiger charge is -2.24. The fourth-order valence-corrected chi connectivity index (χ4v) is 1.57. The lowest BCUT2D eigenvalue weighted by molar-refractivity contribution is 0.145. The van der Waals surface area contributed by atoms with Crippen LogP contribution in [0.5, 0.6) is 5.75 Å². The molecule has 1 aromatic carbocycles. The lowest BCUT2D eigenvalue weighted by atomic mass is 10.1. The third-order valence-electron chi connectivity index (χ3n) is 2.42. The smallest absolute Gasteiger partial charge is 0.150 e. The van der Waals surface area contributed by atoms with Crippen LogP contribution in [0.3, 0.4) is 0 Å². The fraction of sp³-hybridized carbons (Fsp3) is 0.417. The third-order valence-corrected chi connectivity index (χ3v) is 2.42. The number of nitrogens with one attached hydrogen (secondary N) is 1. The van der Waals surface area contributed by atoms with Gasteiger partial charge >= 0.3 is 0 Å². The molecule has 1 unspecified atom stereocenters. The highest BCUT2D eigenvalue weighted by molar-refractivity contribution is 5.26. The maximum Gasteiger partial charge on any atom is 0.150 e.